The Labute approximate surface area is 160 Å². The van der Waals surface area contributed by atoms with E-state index < -0.39 is 0 Å². The highest BCUT2D eigenvalue weighted by Crippen LogP contribution is 2.34. The second kappa shape index (κ2) is 13.2. The minimum absolute atomic E-state index is 0.643. The molecule has 0 saturated heterocycles. The first-order valence-corrected chi connectivity index (χ1v) is 9.76. The summed E-state index contributed by atoms with van der Waals surface area (Å²) in [6.45, 7) is 16.9. The van der Waals surface area contributed by atoms with Gasteiger partial charge in [-0.3, -0.25) is 0 Å². The first kappa shape index (κ1) is 23.9. The highest BCUT2D eigenvalue weighted by molar-refractivity contribution is 5.88. The fourth-order valence-electron chi connectivity index (χ4n) is 2.68. The summed E-state index contributed by atoms with van der Waals surface area (Å²) in [6, 6.07) is 6.35. The van der Waals surface area contributed by atoms with Gasteiger partial charge < -0.3 is 9.83 Å². The van der Waals surface area contributed by atoms with E-state index in [0.29, 0.717) is 5.92 Å². The molecule has 1 heterocycles. The molecule has 2 rings (SSSR count). The van der Waals surface area contributed by atoms with Crippen LogP contribution in [0.15, 0.2) is 40.8 Å². The Morgan fingerprint density at radius 1 is 1.19 bits per heavy atom. The molecule has 0 aliphatic carbocycles. The number of nitrogens with one attached hydrogen (secondary N) is 1. The van der Waals surface area contributed by atoms with E-state index in [1.54, 1.807) is 6.08 Å². The van der Waals surface area contributed by atoms with Gasteiger partial charge in [-0.15, -0.1) is 0 Å². The lowest BCUT2D eigenvalue weighted by atomic mass is 9.98. The van der Waals surface area contributed by atoms with E-state index in [1.807, 2.05) is 26.8 Å². The number of benzene rings is 1. The van der Waals surface area contributed by atoms with Crippen molar-refractivity contribution in [2.75, 3.05) is 0 Å². The van der Waals surface area contributed by atoms with Gasteiger partial charge in [0.2, 0.25) is 0 Å². The van der Waals surface area contributed by atoms with Crippen molar-refractivity contribution in [3.05, 3.63) is 53.3 Å². The molecule has 144 valence electrons. The van der Waals surface area contributed by atoms with Crippen molar-refractivity contribution in [1.29, 1.82) is 5.41 Å². The van der Waals surface area contributed by atoms with E-state index in [9.17, 15) is 0 Å². The van der Waals surface area contributed by atoms with Gasteiger partial charge in [-0.2, -0.15) is 0 Å². The molecular weight excluding hydrogens is 318 g/mol. The number of aryl methyl sites for hydroxylation is 2. The van der Waals surface area contributed by atoms with Crippen molar-refractivity contribution in [3.8, 4) is 0 Å². The zero-order chi connectivity index (χ0) is 20.1. The normalized spacial score (nSPS) is 11.2. The van der Waals surface area contributed by atoms with Gasteiger partial charge in [-0.1, -0.05) is 65.0 Å². The van der Waals surface area contributed by atoms with E-state index in [1.165, 1.54) is 28.3 Å². The fraction of sp³-hybridized carbons (Fsp3) is 0.458. The van der Waals surface area contributed by atoms with E-state index in [4.69, 9.17) is 9.83 Å². The first-order chi connectivity index (χ1) is 12.5. The van der Waals surface area contributed by atoms with Crippen LogP contribution in [-0.4, -0.2) is 6.21 Å². The smallest absolute Gasteiger partial charge is 0.137 e. The number of hydrogen-bond donors (Lipinski definition) is 1. The van der Waals surface area contributed by atoms with Gasteiger partial charge in [0.1, 0.15) is 11.3 Å². The maximum atomic E-state index is 6.49. The Balaban J connectivity index is 0.000000667. The lowest BCUT2D eigenvalue weighted by molar-refractivity contribution is 0.578. The molecule has 0 fully saturated rings. The van der Waals surface area contributed by atoms with Gasteiger partial charge in [0.05, 0.1) is 0 Å². The summed E-state index contributed by atoms with van der Waals surface area (Å²) >= 11 is 0. The van der Waals surface area contributed by atoms with Crippen molar-refractivity contribution in [1.82, 2.24) is 0 Å². The maximum absolute atomic E-state index is 6.49. The summed E-state index contributed by atoms with van der Waals surface area (Å²) in [4.78, 5) is 0. The SMILES string of the molecule is C/C=C(/CC(C)C)c1oc2c(C)cccc2c1C.CC.CC/C=C\C=N. The van der Waals surface area contributed by atoms with Crippen LogP contribution in [0.2, 0.25) is 0 Å². The average molecular weight is 356 g/mol. The molecule has 0 unspecified atom stereocenters. The van der Waals surface area contributed by atoms with Crippen molar-refractivity contribution in [2.45, 2.75) is 68.2 Å². The third kappa shape index (κ3) is 7.03. The fourth-order valence-corrected chi connectivity index (χ4v) is 2.68. The summed E-state index contributed by atoms with van der Waals surface area (Å²) in [5.41, 5.74) is 4.83. The monoisotopic (exact) mass is 355 g/mol. The molecule has 1 aromatic carbocycles. The minimum atomic E-state index is 0.643. The Morgan fingerprint density at radius 2 is 1.85 bits per heavy atom. The number of fused-ring (bicyclic) bond motifs is 1. The molecule has 0 spiro atoms. The summed E-state index contributed by atoms with van der Waals surface area (Å²) in [5, 5.41) is 7.74. The quantitative estimate of drug-likeness (QED) is 0.540. The molecule has 1 N–H and O–H groups in total. The van der Waals surface area contributed by atoms with E-state index in [2.05, 4.69) is 58.9 Å². The molecule has 1 aromatic heterocycles. The first-order valence-electron chi connectivity index (χ1n) is 9.76. The maximum Gasteiger partial charge on any atom is 0.137 e. The van der Waals surface area contributed by atoms with E-state index in [-0.39, 0.29) is 0 Å². The minimum Gasteiger partial charge on any atom is -0.456 e. The summed E-state index contributed by atoms with van der Waals surface area (Å²) in [6.07, 6.45) is 9.21. The van der Waals surface area contributed by atoms with Crippen LogP contribution in [0.1, 0.15) is 71.3 Å². The molecular formula is C24H37NO. The van der Waals surface area contributed by atoms with Crippen LogP contribution in [0, 0.1) is 25.2 Å². The van der Waals surface area contributed by atoms with Crippen molar-refractivity contribution in [3.63, 3.8) is 0 Å². The Hall–Kier alpha value is -2.09. The molecule has 0 amide bonds. The van der Waals surface area contributed by atoms with Gasteiger partial charge in [0.25, 0.3) is 0 Å². The van der Waals surface area contributed by atoms with Crippen LogP contribution in [0.3, 0.4) is 0 Å². The zero-order valence-electron chi connectivity index (χ0n) is 17.9. The molecule has 0 saturated carbocycles. The number of furan rings is 1. The third-order valence-electron chi connectivity index (χ3n) is 3.90. The highest BCUT2D eigenvalue weighted by atomic mass is 16.3. The second-order valence-electron chi connectivity index (χ2n) is 6.42. The Bertz CT molecular complexity index is 717. The standard InChI is InChI=1S/C17H22O.C5H9N.C2H6/c1-6-14(10-11(2)3)17-13(5)15-9-7-8-12(4)16(15)18-17;1-2-3-4-5-6;1-2/h6-9,11H,10H2,1-5H3;3-6H,2H2,1H3;1-2H3/b14-6-;4-3-,6-5?;. The number of rotatable bonds is 5. The van der Waals surface area contributed by atoms with E-state index in [0.717, 1.165) is 24.2 Å². The highest BCUT2D eigenvalue weighted by Gasteiger charge is 2.15. The van der Waals surface area contributed by atoms with Gasteiger partial charge in [0.15, 0.2) is 0 Å². The second-order valence-corrected chi connectivity index (χ2v) is 6.42. The molecule has 0 atom stereocenters. The lowest BCUT2D eigenvalue weighted by Crippen LogP contribution is -1.91. The molecule has 2 heteroatoms. The summed E-state index contributed by atoms with van der Waals surface area (Å²) in [7, 11) is 0. The number of hydrogen-bond acceptors (Lipinski definition) is 2. The predicted molar refractivity (Wildman–Crippen MR) is 118 cm³/mol. The lowest BCUT2D eigenvalue weighted by Gasteiger charge is -2.08. The predicted octanol–water partition coefficient (Wildman–Crippen LogP) is 8.13. The average Bonchev–Trinajstić information content (AvgIpc) is 2.98. The van der Waals surface area contributed by atoms with Gasteiger partial charge >= 0.3 is 0 Å². The van der Waals surface area contributed by atoms with Crippen LogP contribution in [-0.2, 0) is 0 Å². The number of para-hydroxylation sites is 1. The van der Waals surface area contributed by atoms with Crippen molar-refractivity contribution < 1.29 is 4.42 Å². The molecule has 0 aliphatic rings. The van der Waals surface area contributed by atoms with Crippen molar-refractivity contribution in [2.24, 2.45) is 5.92 Å². The molecule has 26 heavy (non-hydrogen) atoms. The van der Waals surface area contributed by atoms with Crippen LogP contribution >= 0.6 is 0 Å². The van der Waals surface area contributed by atoms with Crippen LogP contribution in [0.5, 0.6) is 0 Å². The molecule has 2 nitrogen and oxygen atoms in total. The molecule has 0 radical (unpaired) electrons. The van der Waals surface area contributed by atoms with Crippen LogP contribution in [0.25, 0.3) is 16.5 Å². The molecule has 0 aliphatic heterocycles. The topological polar surface area (TPSA) is 37.0 Å². The van der Waals surface area contributed by atoms with E-state index >= 15 is 0 Å². The zero-order valence-corrected chi connectivity index (χ0v) is 17.9. The summed E-state index contributed by atoms with van der Waals surface area (Å²) in [5.74, 6) is 1.71. The van der Waals surface area contributed by atoms with Crippen molar-refractivity contribution >= 4 is 22.8 Å². The van der Waals surface area contributed by atoms with Gasteiger partial charge in [-0.25, -0.2) is 0 Å². The van der Waals surface area contributed by atoms with Gasteiger partial charge in [-0.05, 0) is 56.7 Å². The Kier molecular flexibility index (Phi) is 12.1. The Morgan fingerprint density at radius 3 is 2.27 bits per heavy atom. The van der Waals surface area contributed by atoms with Crippen LogP contribution in [0.4, 0.5) is 0 Å². The third-order valence-corrected chi connectivity index (χ3v) is 3.90. The molecule has 0 bridgehead atoms. The largest absolute Gasteiger partial charge is 0.456 e. The number of allylic oxidation sites excluding steroid dienone is 4. The van der Waals surface area contributed by atoms with Crippen LogP contribution < -0.4 is 0 Å². The summed E-state index contributed by atoms with van der Waals surface area (Å²) < 4.78 is 6.12. The van der Waals surface area contributed by atoms with Gasteiger partial charge in [0, 0.05) is 17.2 Å². The molecule has 2 aromatic rings.